The molecule has 0 aromatic carbocycles. The number of aromatic nitrogens is 3. The van der Waals surface area contributed by atoms with Gasteiger partial charge in [0, 0.05) is 31.4 Å². The maximum atomic E-state index is 11.8. The van der Waals surface area contributed by atoms with Gasteiger partial charge in [0.2, 0.25) is 5.91 Å². The van der Waals surface area contributed by atoms with Crippen molar-refractivity contribution in [2.45, 2.75) is 26.2 Å². The molecule has 2 heterocycles. The monoisotopic (exact) mass is 288 g/mol. The first-order valence-corrected chi connectivity index (χ1v) is 6.55. The summed E-state index contributed by atoms with van der Waals surface area (Å²) in [4.78, 5) is 30.7. The summed E-state index contributed by atoms with van der Waals surface area (Å²) in [5.74, 6) is 0.205. The third kappa shape index (κ3) is 3.88. The molecule has 0 spiro atoms. The van der Waals surface area contributed by atoms with E-state index >= 15 is 0 Å². The van der Waals surface area contributed by atoms with Crippen LogP contribution in [0.2, 0.25) is 0 Å². The van der Waals surface area contributed by atoms with Crippen molar-refractivity contribution in [1.82, 2.24) is 14.5 Å². The van der Waals surface area contributed by atoms with Crippen molar-refractivity contribution < 1.29 is 14.7 Å². The highest BCUT2D eigenvalue weighted by atomic mass is 16.4. The first kappa shape index (κ1) is 14.7. The number of carboxylic acid groups (broad SMARTS) is 1. The number of carboxylic acids is 1. The minimum absolute atomic E-state index is 0.0199. The van der Waals surface area contributed by atoms with Crippen LogP contribution in [0.15, 0.2) is 30.7 Å². The van der Waals surface area contributed by atoms with Gasteiger partial charge in [0.25, 0.3) is 0 Å². The number of hydrogen-bond acceptors (Lipinski definition) is 4. The van der Waals surface area contributed by atoms with E-state index in [1.54, 1.807) is 35.3 Å². The van der Waals surface area contributed by atoms with E-state index in [9.17, 15) is 9.59 Å². The second kappa shape index (κ2) is 6.65. The Balaban J connectivity index is 2.09. The van der Waals surface area contributed by atoms with Crippen molar-refractivity contribution in [2.75, 3.05) is 5.32 Å². The summed E-state index contributed by atoms with van der Waals surface area (Å²) in [5.41, 5.74) is 0.568. The first-order chi connectivity index (χ1) is 10.1. The molecule has 2 aromatic rings. The van der Waals surface area contributed by atoms with Crippen LogP contribution in [-0.2, 0) is 9.59 Å². The molecule has 2 aromatic heterocycles. The van der Waals surface area contributed by atoms with E-state index in [-0.39, 0.29) is 18.7 Å². The molecule has 2 N–H and O–H groups in total. The number of anilines is 1. The minimum atomic E-state index is -0.904. The molecule has 0 aliphatic carbocycles. The van der Waals surface area contributed by atoms with Crippen molar-refractivity contribution in [3.05, 3.63) is 36.5 Å². The highest BCUT2D eigenvalue weighted by Crippen LogP contribution is 2.18. The molecule has 0 atom stereocenters. The lowest BCUT2D eigenvalue weighted by Gasteiger charge is -2.11. The molecule has 110 valence electrons. The number of rotatable bonds is 6. The van der Waals surface area contributed by atoms with Crippen molar-refractivity contribution in [2.24, 2.45) is 0 Å². The lowest BCUT2D eigenvalue weighted by atomic mass is 10.2. The highest BCUT2D eigenvalue weighted by molar-refractivity contribution is 5.92. The van der Waals surface area contributed by atoms with Crippen molar-refractivity contribution in [3.8, 4) is 5.82 Å². The third-order valence-corrected chi connectivity index (χ3v) is 2.91. The number of aliphatic carboxylic acids is 1. The van der Waals surface area contributed by atoms with E-state index in [1.807, 2.05) is 6.92 Å². The fourth-order valence-corrected chi connectivity index (χ4v) is 1.90. The Morgan fingerprint density at radius 1 is 1.29 bits per heavy atom. The molecule has 2 rings (SSSR count). The number of carbonyl (C=O) groups is 2. The van der Waals surface area contributed by atoms with Gasteiger partial charge in [0.1, 0.15) is 5.82 Å². The lowest BCUT2D eigenvalue weighted by Crippen LogP contribution is -2.14. The van der Waals surface area contributed by atoms with Gasteiger partial charge in [-0.2, -0.15) is 0 Å². The van der Waals surface area contributed by atoms with Crippen LogP contribution in [0.1, 0.15) is 25.1 Å². The molecule has 0 aliphatic heterocycles. The zero-order valence-corrected chi connectivity index (χ0v) is 11.6. The van der Waals surface area contributed by atoms with Crippen LogP contribution in [0, 0.1) is 6.92 Å². The molecule has 1 amide bonds. The molecular weight excluding hydrogens is 272 g/mol. The number of pyridine rings is 1. The molecule has 0 radical (unpaired) electrons. The molecule has 0 unspecified atom stereocenters. The van der Waals surface area contributed by atoms with Crippen molar-refractivity contribution in [3.63, 3.8) is 0 Å². The summed E-state index contributed by atoms with van der Waals surface area (Å²) >= 11 is 0. The number of nitrogens with one attached hydrogen (secondary N) is 1. The summed E-state index contributed by atoms with van der Waals surface area (Å²) in [6.45, 7) is 1.84. The maximum absolute atomic E-state index is 11.8. The molecule has 0 fully saturated rings. The minimum Gasteiger partial charge on any atom is -0.481 e. The average molecular weight is 288 g/mol. The molecule has 7 nitrogen and oxygen atoms in total. The number of aryl methyl sites for hydroxylation is 1. The third-order valence-electron chi connectivity index (χ3n) is 2.91. The summed E-state index contributed by atoms with van der Waals surface area (Å²) in [6.07, 6.45) is 5.49. The standard InChI is InChI=1S/C14H16N4O3/c1-10-15-8-9-18(10)14-11(4-3-7-16-14)17-12(19)5-2-6-13(20)21/h3-4,7-9H,2,5-6H2,1H3,(H,17,19)(H,20,21). The van der Waals surface area contributed by atoms with Gasteiger partial charge in [0.15, 0.2) is 5.82 Å². The lowest BCUT2D eigenvalue weighted by molar-refractivity contribution is -0.137. The van der Waals surface area contributed by atoms with Crippen LogP contribution in [0.3, 0.4) is 0 Å². The van der Waals surface area contributed by atoms with Gasteiger partial charge in [-0.25, -0.2) is 9.97 Å². The van der Waals surface area contributed by atoms with Crippen molar-refractivity contribution in [1.29, 1.82) is 0 Å². The van der Waals surface area contributed by atoms with E-state index in [4.69, 9.17) is 5.11 Å². The van der Waals surface area contributed by atoms with Gasteiger partial charge in [0.05, 0.1) is 5.69 Å². The number of nitrogens with zero attached hydrogens (tertiary/aromatic N) is 3. The first-order valence-electron chi connectivity index (χ1n) is 6.55. The molecule has 0 saturated heterocycles. The molecule has 0 saturated carbocycles. The zero-order chi connectivity index (χ0) is 15.2. The van der Waals surface area contributed by atoms with Gasteiger partial charge in [-0.15, -0.1) is 0 Å². The fraction of sp³-hybridized carbons (Fsp3) is 0.286. The van der Waals surface area contributed by atoms with Crippen LogP contribution >= 0.6 is 0 Å². The highest BCUT2D eigenvalue weighted by Gasteiger charge is 2.11. The van der Waals surface area contributed by atoms with Crippen LogP contribution in [-0.4, -0.2) is 31.5 Å². The van der Waals surface area contributed by atoms with Gasteiger partial charge in [-0.05, 0) is 25.5 Å². The summed E-state index contributed by atoms with van der Waals surface area (Å²) in [6, 6.07) is 3.47. The zero-order valence-electron chi connectivity index (χ0n) is 11.6. The second-order valence-corrected chi connectivity index (χ2v) is 4.51. The molecular formula is C14H16N4O3. The smallest absolute Gasteiger partial charge is 0.303 e. The number of imidazole rings is 1. The number of amides is 1. The van der Waals surface area contributed by atoms with Crippen LogP contribution in [0.25, 0.3) is 5.82 Å². The summed E-state index contributed by atoms with van der Waals surface area (Å²) < 4.78 is 1.77. The molecule has 7 heteroatoms. The second-order valence-electron chi connectivity index (χ2n) is 4.51. The maximum Gasteiger partial charge on any atom is 0.303 e. The largest absolute Gasteiger partial charge is 0.481 e. The van der Waals surface area contributed by atoms with E-state index < -0.39 is 5.97 Å². The summed E-state index contributed by atoms with van der Waals surface area (Å²) in [7, 11) is 0. The molecule has 21 heavy (non-hydrogen) atoms. The Hall–Kier alpha value is -2.70. The van der Waals surface area contributed by atoms with E-state index in [0.717, 1.165) is 5.82 Å². The molecule has 0 aliphatic rings. The average Bonchev–Trinajstić information content (AvgIpc) is 2.85. The Morgan fingerprint density at radius 3 is 2.76 bits per heavy atom. The van der Waals surface area contributed by atoms with Gasteiger partial charge in [-0.3, -0.25) is 14.2 Å². The number of carbonyl (C=O) groups excluding carboxylic acids is 1. The SMILES string of the molecule is Cc1nccn1-c1ncccc1NC(=O)CCCC(=O)O. The Labute approximate surface area is 121 Å². The van der Waals surface area contributed by atoms with Gasteiger partial charge < -0.3 is 10.4 Å². The van der Waals surface area contributed by atoms with Crippen molar-refractivity contribution >= 4 is 17.6 Å². The Kier molecular flexibility index (Phi) is 4.65. The van der Waals surface area contributed by atoms with Gasteiger partial charge in [-0.1, -0.05) is 0 Å². The van der Waals surface area contributed by atoms with Crippen LogP contribution < -0.4 is 5.32 Å². The fourth-order valence-electron chi connectivity index (χ4n) is 1.90. The Morgan fingerprint density at radius 2 is 2.10 bits per heavy atom. The predicted octanol–water partition coefficient (Wildman–Crippen LogP) is 1.77. The summed E-state index contributed by atoms with van der Waals surface area (Å²) in [5, 5.41) is 11.3. The van der Waals surface area contributed by atoms with E-state index in [1.165, 1.54) is 0 Å². The Bertz CT molecular complexity index is 651. The van der Waals surface area contributed by atoms with Crippen LogP contribution in [0.4, 0.5) is 5.69 Å². The molecule has 0 bridgehead atoms. The number of hydrogen-bond donors (Lipinski definition) is 2. The quantitative estimate of drug-likeness (QED) is 0.844. The van der Waals surface area contributed by atoms with E-state index in [2.05, 4.69) is 15.3 Å². The van der Waals surface area contributed by atoms with Gasteiger partial charge >= 0.3 is 5.97 Å². The topological polar surface area (TPSA) is 97.1 Å². The van der Waals surface area contributed by atoms with E-state index in [0.29, 0.717) is 17.9 Å². The normalized spacial score (nSPS) is 10.3. The van der Waals surface area contributed by atoms with Crippen LogP contribution in [0.5, 0.6) is 0 Å². The predicted molar refractivity (Wildman–Crippen MR) is 76.2 cm³/mol.